The maximum atomic E-state index is 11.5. The van der Waals surface area contributed by atoms with Crippen molar-refractivity contribution in [1.29, 1.82) is 0 Å². The minimum Gasteiger partial charge on any atom is -0.368 e. The number of nitro groups is 1. The van der Waals surface area contributed by atoms with E-state index in [0.29, 0.717) is 13.1 Å². The molecule has 0 aliphatic carbocycles. The molecule has 1 aliphatic rings. The first-order chi connectivity index (χ1) is 9.00. The van der Waals surface area contributed by atoms with Gasteiger partial charge in [-0.2, -0.15) is 0 Å². The van der Waals surface area contributed by atoms with Gasteiger partial charge in [-0.25, -0.2) is 0 Å². The van der Waals surface area contributed by atoms with Crippen LogP contribution in [0.15, 0.2) is 18.2 Å². The molecule has 1 amide bonds. The van der Waals surface area contributed by atoms with Crippen LogP contribution in [0.5, 0.6) is 0 Å². The Labute approximate surface area is 110 Å². The number of nitrogens with one attached hydrogen (secondary N) is 1. The Balaban J connectivity index is 2.34. The molecular weight excluding hydrogens is 248 g/mol. The molecular formula is C12H16N4O3. The number of primary amides is 1. The summed E-state index contributed by atoms with van der Waals surface area (Å²) in [5, 5.41) is 13.8. The van der Waals surface area contributed by atoms with Gasteiger partial charge in [0, 0.05) is 37.5 Å². The van der Waals surface area contributed by atoms with Crippen molar-refractivity contribution in [3.8, 4) is 0 Å². The SMILES string of the molecule is Cc1cc([N+](=O)[O-])ccc1N1CCNCC1C(N)=O. The van der Waals surface area contributed by atoms with Crippen LogP contribution in [0.2, 0.25) is 0 Å². The van der Waals surface area contributed by atoms with E-state index < -0.39 is 16.9 Å². The third-order valence-electron chi connectivity index (χ3n) is 3.27. The number of carbonyl (C=O) groups is 1. The summed E-state index contributed by atoms with van der Waals surface area (Å²) in [5.41, 5.74) is 7.02. The number of carbonyl (C=O) groups excluding carboxylic acids is 1. The Hall–Kier alpha value is -2.15. The van der Waals surface area contributed by atoms with Crippen molar-refractivity contribution in [3.63, 3.8) is 0 Å². The number of rotatable bonds is 3. The average Bonchev–Trinajstić information content (AvgIpc) is 2.38. The van der Waals surface area contributed by atoms with Gasteiger partial charge in [0.05, 0.1) is 4.92 Å². The number of benzene rings is 1. The van der Waals surface area contributed by atoms with Crippen LogP contribution in [-0.2, 0) is 4.79 Å². The summed E-state index contributed by atoms with van der Waals surface area (Å²) in [4.78, 5) is 23.6. The second kappa shape index (κ2) is 5.23. The highest BCUT2D eigenvalue weighted by Crippen LogP contribution is 2.26. The Morgan fingerprint density at radius 2 is 2.32 bits per heavy atom. The first-order valence-electron chi connectivity index (χ1n) is 6.02. The van der Waals surface area contributed by atoms with E-state index in [1.165, 1.54) is 12.1 Å². The van der Waals surface area contributed by atoms with Crippen molar-refractivity contribution in [2.45, 2.75) is 13.0 Å². The van der Waals surface area contributed by atoms with Crippen molar-refractivity contribution in [2.75, 3.05) is 24.5 Å². The zero-order chi connectivity index (χ0) is 14.0. The summed E-state index contributed by atoms with van der Waals surface area (Å²) in [6.45, 7) is 3.68. The van der Waals surface area contributed by atoms with Crippen LogP contribution in [0.4, 0.5) is 11.4 Å². The maximum absolute atomic E-state index is 11.5. The summed E-state index contributed by atoms with van der Waals surface area (Å²) >= 11 is 0. The molecule has 1 heterocycles. The summed E-state index contributed by atoms with van der Waals surface area (Å²) in [7, 11) is 0. The molecule has 1 fully saturated rings. The number of amides is 1. The fourth-order valence-electron chi connectivity index (χ4n) is 2.32. The highest BCUT2D eigenvalue weighted by Gasteiger charge is 2.28. The molecule has 7 nitrogen and oxygen atoms in total. The number of piperazine rings is 1. The van der Waals surface area contributed by atoms with Crippen molar-refractivity contribution >= 4 is 17.3 Å². The molecule has 1 saturated heterocycles. The molecule has 19 heavy (non-hydrogen) atoms. The first kappa shape index (κ1) is 13.3. The Morgan fingerprint density at radius 1 is 1.58 bits per heavy atom. The van der Waals surface area contributed by atoms with Crippen LogP contribution in [0.25, 0.3) is 0 Å². The van der Waals surface area contributed by atoms with Gasteiger partial charge in [0.15, 0.2) is 0 Å². The molecule has 0 spiro atoms. The zero-order valence-electron chi connectivity index (χ0n) is 10.6. The summed E-state index contributed by atoms with van der Waals surface area (Å²) in [6.07, 6.45) is 0. The fraction of sp³-hybridized carbons (Fsp3) is 0.417. The summed E-state index contributed by atoms with van der Waals surface area (Å²) < 4.78 is 0. The number of hydrogen-bond donors (Lipinski definition) is 2. The van der Waals surface area contributed by atoms with Crippen molar-refractivity contribution in [2.24, 2.45) is 5.73 Å². The van der Waals surface area contributed by atoms with E-state index in [2.05, 4.69) is 5.32 Å². The highest BCUT2D eigenvalue weighted by molar-refractivity contribution is 5.84. The van der Waals surface area contributed by atoms with Gasteiger partial charge in [0.1, 0.15) is 6.04 Å². The second-order valence-electron chi connectivity index (χ2n) is 4.54. The van der Waals surface area contributed by atoms with Crippen molar-refractivity contribution in [3.05, 3.63) is 33.9 Å². The van der Waals surface area contributed by atoms with Crippen LogP contribution in [-0.4, -0.2) is 36.5 Å². The number of anilines is 1. The van der Waals surface area contributed by atoms with E-state index in [1.54, 1.807) is 13.0 Å². The molecule has 7 heteroatoms. The van der Waals surface area contributed by atoms with Crippen molar-refractivity contribution < 1.29 is 9.72 Å². The monoisotopic (exact) mass is 264 g/mol. The number of hydrogen-bond acceptors (Lipinski definition) is 5. The van der Waals surface area contributed by atoms with Crippen molar-refractivity contribution in [1.82, 2.24) is 5.32 Å². The number of non-ortho nitro benzene ring substituents is 1. The lowest BCUT2D eigenvalue weighted by molar-refractivity contribution is -0.384. The number of aryl methyl sites for hydroxylation is 1. The molecule has 1 aliphatic heterocycles. The minimum atomic E-state index is -0.430. The smallest absolute Gasteiger partial charge is 0.269 e. The van der Waals surface area contributed by atoms with Gasteiger partial charge < -0.3 is 16.0 Å². The molecule has 0 saturated carbocycles. The standard InChI is InChI=1S/C12H16N4O3/c1-8-6-9(16(18)19)2-3-10(8)15-5-4-14-7-11(15)12(13)17/h2-3,6,11,14H,4-5,7H2,1H3,(H2,13,17). The van der Waals surface area contributed by atoms with E-state index in [-0.39, 0.29) is 5.69 Å². The predicted molar refractivity (Wildman–Crippen MR) is 71.0 cm³/mol. The molecule has 1 aromatic rings. The Kier molecular flexibility index (Phi) is 3.66. The van der Waals surface area contributed by atoms with E-state index in [1.807, 2.05) is 4.90 Å². The molecule has 1 atom stereocenters. The number of nitro benzene ring substituents is 1. The van der Waals surface area contributed by atoms with Gasteiger partial charge in [-0.05, 0) is 18.6 Å². The fourth-order valence-corrected chi connectivity index (χ4v) is 2.32. The number of nitrogens with two attached hydrogens (primary N) is 1. The van der Waals surface area contributed by atoms with Gasteiger partial charge >= 0.3 is 0 Å². The molecule has 0 bridgehead atoms. The van der Waals surface area contributed by atoms with E-state index in [9.17, 15) is 14.9 Å². The Morgan fingerprint density at radius 3 is 2.89 bits per heavy atom. The molecule has 1 unspecified atom stereocenters. The first-order valence-corrected chi connectivity index (χ1v) is 6.02. The van der Waals surface area contributed by atoms with E-state index in [4.69, 9.17) is 5.73 Å². The van der Waals surface area contributed by atoms with Gasteiger partial charge in [0.25, 0.3) is 5.69 Å². The lowest BCUT2D eigenvalue weighted by atomic mass is 10.1. The maximum Gasteiger partial charge on any atom is 0.269 e. The average molecular weight is 264 g/mol. The van der Waals surface area contributed by atoms with E-state index >= 15 is 0 Å². The summed E-state index contributed by atoms with van der Waals surface area (Å²) in [5.74, 6) is -0.398. The molecule has 102 valence electrons. The Bertz CT molecular complexity index is 518. The zero-order valence-corrected chi connectivity index (χ0v) is 10.6. The predicted octanol–water partition coefficient (Wildman–Crippen LogP) is 0.167. The third kappa shape index (κ3) is 2.65. The van der Waals surface area contributed by atoms with Gasteiger partial charge in [-0.3, -0.25) is 14.9 Å². The second-order valence-corrected chi connectivity index (χ2v) is 4.54. The summed E-state index contributed by atoms with van der Waals surface area (Å²) in [6, 6.07) is 4.21. The van der Waals surface area contributed by atoms with Crippen LogP contribution < -0.4 is 16.0 Å². The normalized spacial score (nSPS) is 19.2. The van der Waals surface area contributed by atoms with Crippen LogP contribution in [0.1, 0.15) is 5.56 Å². The molecule has 0 radical (unpaired) electrons. The molecule has 0 aromatic heterocycles. The largest absolute Gasteiger partial charge is 0.368 e. The molecule has 3 N–H and O–H groups in total. The third-order valence-corrected chi connectivity index (χ3v) is 3.27. The molecule has 1 aromatic carbocycles. The quantitative estimate of drug-likeness (QED) is 0.598. The van der Waals surface area contributed by atoms with Crippen LogP contribution in [0.3, 0.4) is 0 Å². The van der Waals surface area contributed by atoms with Gasteiger partial charge in [0.2, 0.25) is 5.91 Å². The highest BCUT2D eigenvalue weighted by atomic mass is 16.6. The number of nitrogens with zero attached hydrogens (tertiary/aromatic N) is 2. The topological polar surface area (TPSA) is 102 Å². The van der Waals surface area contributed by atoms with Crippen LogP contribution in [0, 0.1) is 17.0 Å². The molecule has 2 rings (SSSR count). The van der Waals surface area contributed by atoms with Crippen LogP contribution >= 0.6 is 0 Å². The lowest BCUT2D eigenvalue weighted by Gasteiger charge is -2.36. The lowest BCUT2D eigenvalue weighted by Crippen LogP contribution is -2.57. The van der Waals surface area contributed by atoms with Gasteiger partial charge in [-0.15, -0.1) is 0 Å². The van der Waals surface area contributed by atoms with E-state index in [0.717, 1.165) is 17.8 Å². The minimum absolute atomic E-state index is 0.0482. The van der Waals surface area contributed by atoms with Gasteiger partial charge in [-0.1, -0.05) is 0 Å².